The Hall–Kier alpha value is -1.68. The van der Waals surface area contributed by atoms with Crippen molar-refractivity contribution in [2.24, 2.45) is 0 Å². The van der Waals surface area contributed by atoms with Gasteiger partial charge in [0.1, 0.15) is 0 Å². The smallest absolute Gasteiger partial charge is 0.243 e. The van der Waals surface area contributed by atoms with Crippen molar-refractivity contribution >= 4 is 0 Å². The van der Waals surface area contributed by atoms with Crippen LogP contribution in [0.2, 0.25) is 0 Å². The fraction of sp³-hybridized carbons (Fsp3) is 0.467. The van der Waals surface area contributed by atoms with Crippen molar-refractivity contribution in [2.45, 2.75) is 37.6 Å². The monoisotopic (exact) mass is 255 g/mol. The third kappa shape index (κ3) is 1.87. The molecule has 4 nitrogen and oxygen atoms in total. The molecule has 2 atom stereocenters. The van der Waals surface area contributed by atoms with Crippen LogP contribution in [0.3, 0.4) is 0 Å². The van der Waals surface area contributed by atoms with Gasteiger partial charge in [-0.05, 0) is 43.4 Å². The first-order valence-corrected chi connectivity index (χ1v) is 7.06. The number of rotatable bonds is 2. The average molecular weight is 255 g/mol. The number of hydrogen-bond acceptors (Lipinski definition) is 4. The molecule has 2 heterocycles. The van der Waals surface area contributed by atoms with Crippen molar-refractivity contribution in [3.8, 4) is 0 Å². The van der Waals surface area contributed by atoms with Gasteiger partial charge in [0.25, 0.3) is 0 Å². The molecule has 0 radical (unpaired) electrons. The molecule has 0 saturated carbocycles. The van der Waals surface area contributed by atoms with Crippen LogP contribution in [-0.2, 0) is 6.42 Å². The number of nitrogens with zero attached hydrogens (tertiary/aromatic N) is 2. The van der Waals surface area contributed by atoms with E-state index in [2.05, 4.69) is 39.7 Å². The lowest BCUT2D eigenvalue weighted by molar-refractivity contribution is 0.340. The summed E-state index contributed by atoms with van der Waals surface area (Å²) in [6, 6.07) is 8.85. The molecule has 2 unspecified atom stereocenters. The van der Waals surface area contributed by atoms with Crippen molar-refractivity contribution in [2.75, 3.05) is 6.54 Å². The van der Waals surface area contributed by atoms with Gasteiger partial charge in [0, 0.05) is 5.92 Å². The summed E-state index contributed by atoms with van der Waals surface area (Å²) in [4.78, 5) is 4.63. The van der Waals surface area contributed by atoms with Gasteiger partial charge in [-0.25, -0.2) is 0 Å². The predicted molar refractivity (Wildman–Crippen MR) is 70.9 cm³/mol. The van der Waals surface area contributed by atoms with E-state index in [9.17, 15) is 0 Å². The number of fused-ring (bicyclic) bond motifs is 1. The Morgan fingerprint density at radius 1 is 1.21 bits per heavy atom. The van der Waals surface area contributed by atoms with E-state index in [-0.39, 0.29) is 6.04 Å². The van der Waals surface area contributed by atoms with E-state index in [0.29, 0.717) is 5.92 Å². The van der Waals surface area contributed by atoms with Crippen molar-refractivity contribution < 1.29 is 4.52 Å². The molecule has 4 heteroatoms. The molecule has 1 N–H and O–H groups in total. The van der Waals surface area contributed by atoms with E-state index in [1.54, 1.807) is 0 Å². The highest BCUT2D eigenvalue weighted by Gasteiger charge is 2.29. The van der Waals surface area contributed by atoms with Gasteiger partial charge in [0.2, 0.25) is 5.89 Å². The maximum Gasteiger partial charge on any atom is 0.243 e. The van der Waals surface area contributed by atoms with E-state index in [4.69, 9.17) is 4.52 Å². The summed E-state index contributed by atoms with van der Waals surface area (Å²) in [6.07, 6.45) is 4.50. The van der Waals surface area contributed by atoms with Gasteiger partial charge in [-0.1, -0.05) is 29.4 Å². The van der Waals surface area contributed by atoms with Gasteiger partial charge in [0.15, 0.2) is 5.82 Å². The van der Waals surface area contributed by atoms with Crippen LogP contribution in [0.4, 0.5) is 0 Å². The molecule has 1 aliphatic carbocycles. The first-order valence-electron chi connectivity index (χ1n) is 7.06. The predicted octanol–water partition coefficient (Wildman–Crippen LogP) is 2.57. The average Bonchev–Trinajstić information content (AvgIpc) is 3.18. The van der Waals surface area contributed by atoms with Crippen LogP contribution in [0.15, 0.2) is 28.8 Å². The largest absolute Gasteiger partial charge is 0.338 e. The molecule has 4 rings (SSSR count). The molecule has 1 saturated heterocycles. The number of hydrogen-bond donors (Lipinski definition) is 1. The van der Waals surface area contributed by atoms with E-state index >= 15 is 0 Å². The quantitative estimate of drug-likeness (QED) is 0.896. The number of aromatic nitrogens is 2. The first kappa shape index (κ1) is 11.2. The van der Waals surface area contributed by atoms with E-state index < -0.39 is 0 Å². The summed E-state index contributed by atoms with van der Waals surface area (Å²) < 4.78 is 5.45. The minimum atomic E-state index is 0.262. The van der Waals surface area contributed by atoms with Crippen LogP contribution >= 0.6 is 0 Å². The summed E-state index contributed by atoms with van der Waals surface area (Å²) in [5.74, 6) is 1.93. The summed E-state index contributed by atoms with van der Waals surface area (Å²) in [5.41, 5.74) is 2.80. The fourth-order valence-corrected chi connectivity index (χ4v) is 3.25. The van der Waals surface area contributed by atoms with Crippen molar-refractivity contribution in [1.29, 1.82) is 0 Å². The minimum Gasteiger partial charge on any atom is -0.338 e. The van der Waals surface area contributed by atoms with Crippen molar-refractivity contribution in [1.82, 2.24) is 15.5 Å². The molecule has 1 fully saturated rings. The van der Waals surface area contributed by atoms with Gasteiger partial charge in [-0.15, -0.1) is 0 Å². The van der Waals surface area contributed by atoms with Crippen LogP contribution in [-0.4, -0.2) is 16.7 Å². The zero-order chi connectivity index (χ0) is 12.7. The fourth-order valence-electron chi connectivity index (χ4n) is 3.25. The Kier molecular flexibility index (Phi) is 2.62. The highest BCUT2D eigenvalue weighted by atomic mass is 16.5. The van der Waals surface area contributed by atoms with Gasteiger partial charge >= 0.3 is 0 Å². The maximum atomic E-state index is 5.45. The molecule has 0 bridgehead atoms. The molecular weight excluding hydrogens is 238 g/mol. The summed E-state index contributed by atoms with van der Waals surface area (Å²) in [5, 5.41) is 7.62. The van der Waals surface area contributed by atoms with Gasteiger partial charge in [-0.2, -0.15) is 4.98 Å². The zero-order valence-corrected chi connectivity index (χ0v) is 10.8. The second-order valence-corrected chi connectivity index (χ2v) is 5.43. The van der Waals surface area contributed by atoms with Crippen LogP contribution in [0.25, 0.3) is 0 Å². The highest BCUT2D eigenvalue weighted by Crippen LogP contribution is 2.37. The Bertz CT molecular complexity index is 587. The molecule has 0 amide bonds. The zero-order valence-electron chi connectivity index (χ0n) is 10.8. The molecule has 2 aliphatic rings. The second kappa shape index (κ2) is 4.46. The number of nitrogens with one attached hydrogen (secondary N) is 1. The standard InChI is InChI=1S/C15H17N3O/c1-2-5-11-10(4-1)7-8-12(11)14-17-15(19-18-14)13-6-3-9-16-13/h1-2,4-5,12-13,16H,3,6-9H2. The number of aryl methyl sites for hydroxylation is 1. The van der Waals surface area contributed by atoms with E-state index in [0.717, 1.165) is 37.5 Å². The maximum absolute atomic E-state index is 5.45. The van der Waals surface area contributed by atoms with E-state index in [1.807, 2.05) is 0 Å². The lowest BCUT2D eigenvalue weighted by Gasteiger charge is -2.06. The molecule has 1 aromatic heterocycles. The second-order valence-electron chi connectivity index (χ2n) is 5.43. The number of benzene rings is 1. The van der Waals surface area contributed by atoms with Crippen LogP contribution < -0.4 is 5.32 Å². The topological polar surface area (TPSA) is 51.0 Å². The molecule has 98 valence electrons. The summed E-state index contributed by atoms with van der Waals surface area (Å²) in [7, 11) is 0. The molecular formula is C15H17N3O. The first-order chi connectivity index (χ1) is 9.42. The summed E-state index contributed by atoms with van der Waals surface area (Å²) in [6.45, 7) is 1.05. The molecule has 1 aromatic carbocycles. The molecule has 0 spiro atoms. The minimum absolute atomic E-state index is 0.262. The van der Waals surface area contributed by atoms with Crippen LogP contribution in [0.5, 0.6) is 0 Å². The Labute approximate surface area is 112 Å². The lowest BCUT2D eigenvalue weighted by atomic mass is 10.0. The Balaban J connectivity index is 1.63. The van der Waals surface area contributed by atoms with Crippen molar-refractivity contribution in [3.05, 3.63) is 47.1 Å². The van der Waals surface area contributed by atoms with Gasteiger partial charge in [-0.3, -0.25) is 0 Å². The molecule has 19 heavy (non-hydrogen) atoms. The van der Waals surface area contributed by atoms with Crippen LogP contribution in [0, 0.1) is 0 Å². The van der Waals surface area contributed by atoms with Crippen molar-refractivity contribution in [3.63, 3.8) is 0 Å². The normalized spacial score (nSPS) is 25.7. The Morgan fingerprint density at radius 2 is 2.16 bits per heavy atom. The third-order valence-corrected chi connectivity index (χ3v) is 4.26. The van der Waals surface area contributed by atoms with Crippen LogP contribution in [0.1, 0.15) is 54.1 Å². The van der Waals surface area contributed by atoms with Gasteiger partial charge < -0.3 is 9.84 Å². The van der Waals surface area contributed by atoms with E-state index in [1.165, 1.54) is 17.5 Å². The molecule has 2 aromatic rings. The Morgan fingerprint density at radius 3 is 3.05 bits per heavy atom. The lowest BCUT2D eigenvalue weighted by Crippen LogP contribution is -2.13. The molecule has 1 aliphatic heterocycles. The highest BCUT2D eigenvalue weighted by molar-refractivity contribution is 5.38. The SMILES string of the molecule is c1ccc2c(c1)CCC2c1noc(C2CCCN2)n1. The third-order valence-electron chi connectivity index (χ3n) is 4.26. The van der Waals surface area contributed by atoms with Gasteiger partial charge in [0.05, 0.1) is 6.04 Å². The summed E-state index contributed by atoms with van der Waals surface area (Å²) >= 11 is 0.